The average molecular weight is 267 g/mol. The van der Waals surface area contributed by atoms with E-state index in [1.54, 1.807) is 4.68 Å². The fourth-order valence-corrected chi connectivity index (χ4v) is 2.81. The van der Waals surface area contributed by atoms with Crippen molar-refractivity contribution in [2.24, 2.45) is 12.8 Å². The number of nitrogens with zero attached hydrogens (tertiary/aromatic N) is 2. The standard InChI is InChI=1S/C13H21N3OS/c1-9-11(12(14)18)13(16(2)15-9)17-10-7-5-3-4-6-8-10/h10H,3-8H2,1-2H3,(H2,14,18). The zero-order valence-electron chi connectivity index (χ0n) is 11.1. The molecule has 2 rings (SSSR count). The van der Waals surface area contributed by atoms with E-state index in [1.165, 1.54) is 25.7 Å². The summed E-state index contributed by atoms with van der Waals surface area (Å²) in [5.74, 6) is 0.729. The van der Waals surface area contributed by atoms with E-state index in [0.29, 0.717) is 4.99 Å². The number of aromatic nitrogens is 2. The maximum absolute atomic E-state index is 6.11. The summed E-state index contributed by atoms with van der Waals surface area (Å²) < 4.78 is 7.86. The molecule has 1 aromatic heterocycles. The van der Waals surface area contributed by atoms with Crippen LogP contribution in [0.2, 0.25) is 0 Å². The largest absolute Gasteiger partial charge is 0.474 e. The van der Waals surface area contributed by atoms with Gasteiger partial charge in [-0.2, -0.15) is 5.10 Å². The van der Waals surface area contributed by atoms with Gasteiger partial charge >= 0.3 is 0 Å². The number of rotatable bonds is 3. The lowest BCUT2D eigenvalue weighted by Crippen LogP contribution is -2.20. The summed E-state index contributed by atoms with van der Waals surface area (Å²) in [5.41, 5.74) is 7.39. The molecule has 1 heterocycles. The smallest absolute Gasteiger partial charge is 0.222 e. The first-order chi connectivity index (χ1) is 8.59. The third kappa shape index (κ3) is 2.83. The molecule has 0 saturated heterocycles. The summed E-state index contributed by atoms with van der Waals surface area (Å²) in [5, 5.41) is 4.35. The Hall–Kier alpha value is -1.10. The molecule has 4 nitrogen and oxygen atoms in total. The van der Waals surface area contributed by atoms with Gasteiger partial charge in [0.2, 0.25) is 5.88 Å². The quantitative estimate of drug-likeness (QED) is 0.675. The molecule has 1 aromatic rings. The molecular weight excluding hydrogens is 246 g/mol. The van der Waals surface area contributed by atoms with Crippen molar-refractivity contribution in [3.05, 3.63) is 11.3 Å². The first kappa shape index (κ1) is 13.3. The SMILES string of the molecule is Cc1nn(C)c(OC2CCCCCC2)c1C(N)=S. The molecule has 0 amide bonds. The molecule has 0 unspecified atom stereocenters. The fraction of sp³-hybridized carbons (Fsp3) is 0.692. The molecule has 1 fully saturated rings. The second-order valence-corrected chi connectivity index (χ2v) is 5.42. The first-order valence-electron chi connectivity index (χ1n) is 6.59. The summed E-state index contributed by atoms with van der Waals surface area (Å²) in [4.78, 5) is 0.365. The predicted molar refractivity (Wildman–Crippen MR) is 76.0 cm³/mol. The van der Waals surface area contributed by atoms with E-state index in [1.807, 2.05) is 14.0 Å². The lowest BCUT2D eigenvalue weighted by molar-refractivity contribution is 0.168. The Kier molecular flexibility index (Phi) is 4.22. The molecule has 0 radical (unpaired) electrons. The summed E-state index contributed by atoms with van der Waals surface area (Å²) in [6.07, 6.45) is 7.60. The van der Waals surface area contributed by atoms with Crippen LogP contribution in [0, 0.1) is 6.92 Å². The molecule has 0 aromatic carbocycles. The minimum Gasteiger partial charge on any atom is -0.474 e. The van der Waals surface area contributed by atoms with Crippen LogP contribution in [0.15, 0.2) is 0 Å². The third-order valence-electron chi connectivity index (χ3n) is 3.50. The number of hydrogen-bond acceptors (Lipinski definition) is 3. The van der Waals surface area contributed by atoms with Crippen molar-refractivity contribution in [2.75, 3.05) is 0 Å². The molecule has 1 aliphatic rings. The minimum absolute atomic E-state index is 0.274. The second kappa shape index (κ2) is 5.69. The van der Waals surface area contributed by atoms with Crippen LogP contribution < -0.4 is 10.5 Å². The highest BCUT2D eigenvalue weighted by molar-refractivity contribution is 7.80. The van der Waals surface area contributed by atoms with Crippen molar-refractivity contribution >= 4 is 17.2 Å². The van der Waals surface area contributed by atoms with Crippen LogP contribution in [0.1, 0.15) is 49.8 Å². The zero-order chi connectivity index (χ0) is 13.1. The molecule has 0 atom stereocenters. The van der Waals surface area contributed by atoms with E-state index in [4.69, 9.17) is 22.7 Å². The predicted octanol–water partition coefficient (Wildman–Crippen LogP) is 2.46. The lowest BCUT2D eigenvalue weighted by atomic mass is 10.1. The van der Waals surface area contributed by atoms with Crippen molar-refractivity contribution in [3.8, 4) is 5.88 Å². The van der Waals surface area contributed by atoms with Gasteiger partial charge in [0.05, 0.1) is 11.3 Å². The maximum Gasteiger partial charge on any atom is 0.222 e. The molecule has 18 heavy (non-hydrogen) atoms. The number of hydrogen-bond donors (Lipinski definition) is 1. The second-order valence-electron chi connectivity index (χ2n) is 4.98. The molecule has 0 spiro atoms. The summed E-state index contributed by atoms with van der Waals surface area (Å²) in [6.45, 7) is 1.91. The van der Waals surface area contributed by atoms with E-state index >= 15 is 0 Å². The van der Waals surface area contributed by atoms with Gasteiger partial charge in [0, 0.05) is 7.05 Å². The molecule has 2 N–H and O–H groups in total. The van der Waals surface area contributed by atoms with E-state index in [9.17, 15) is 0 Å². The summed E-state index contributed by atoms with van der Waals surface area (Å²) >= 11 is 5.09. The van der Waals surface area contributed by atoms with Crippen LogP contribution in [-0.4, -0.2) is 20.9 Å². The van der Waals surface area contributed by atoms with Gasteiger partial charge in [-0.3, -0.25) is 0 Å². The van der Waals surface area contributed by atoms with E-state index < -0.39 is 0 Å². The van der Waals surface area contributed by atoms with Gasteiger partial charge in [0.1, 0.15) is 11.1 Å². The Bertz CT molecular complexity index is 434. The minimum atomic E-state index is 0.274. The third-order valence-corrected chi connectivity index (χ3v) is 3.70. The van der Waals surface area contributed by atoms with Crippen LogP contribution in [-0.2, 0) is 7.05 Å². The van der Waals surface area contributed by atoms with E-state index in [0.717, 1.165) is 30.0 Å². The molecule has 0 bridgehead atoms. The Morgan fingerprint density at radius 1 is 1.33 bits per heavy atom. The summed E-state index contributed by atoms with van der Waals surface area (Å²) in [7, 11) is 1.88. The van der Waals surface area contributed by atoms with Gasteiger partial charge in [-0.1, -0.05) is 25.1 Å². The number of thiocarbonyl (C=S) groups is 1. The number of nitrogens with two attached hydrogens (primary N) is 1. The molecular formula is C13H21N3OS. The van der Waals surface area contributed by atoms with Crippen molar-refractivity contribution in [1.82, 2.24) is 9.78 Å². The van der Waals surface area contributed by atoms with Gasteiger partial charge in [-0.25, -0.2) is 4.68 Å². The first-order valence-corrected chi connectivity index (χ1v) is 7.00. The lowest BCUT2D eigenvalue weighted by Gasteiger charge is -2.17. The van der Waals surface area contributed by atoms with Crippen LogP contribution in [0.3, 0.4) is 0 Å². The van der Waals surface area contributed by atoms with Crippen molar-refractivity contribution in [3.63, 3.8) is 0 Å². The molecule has 1 saturated carbocycles. The average Bonchev–Trinajstić information content (AvgIpc) is 2.51. The highest BCUT2D eigenvalue weighted by Crippen LogP contribution is 2.26. The molecule has 100 valence electrons. The van der Waals surface area contributed by atoms with Crippen LogP contribution in [0.5, 0.6) is 5.88 Å². The van der Waals surface area contributed by atoms with Crippen molar-refractivity contribution < 1.29 is 4.74 Å². The Morgan fingerprint density at radius 2 is 1.94 bits per heavy atom. The normalized spacial score (nSPS) is 17.4. The maximum atomic E-state index is 6.11. The van der Waals surface area contributed by atoms with Gasteiger partial charge in [0.15, 0.2) is 0 Å². The van der Waals surface area contributed by atoms with E-state index in [2.05, 4.69) is 5.10 Å². The van der Waals surface area contributed by atoms with Crippen molar-refractivity contribution in [1.29, 1.82) is 0 Å². The Labute approximate surface area is 113 Å². The number of ether oxygens (including phenoxy) is 1. The van der Waals surface area contributed by atoms with Gasteiger partial charge in [-0.15, -0.1) is 0 Å². The molecule has 0 aliphatic heterocycles. The molecule has 5 heteroatoms. The Morgan fingerprint density at radius 3 is 2.50 bits per heavy atom. The zero-order valence-corrected chi connectivity index (χ0v) is 11.9. The highest BCUT2D eigenvalue weighted by Gasteiger charge is 2.21. The van der Waals surface area contributed by atoms with E-state index in [-0.39, 0.29) is 6.10 Å². The Balaban J connectivity index is 2.19. The fourth-order valence-electron chi connectivity index (χ4n) is 2.57. The van der Waals surface area contributed by atoms with Gasteiger partial charge in [-0.05, 0) is 32.6 Å². The van der Waals surface area contributed by atoms with Gasteiger partial charge < -0.3 is 10.5 Å². The van der Waals surface area contributed by atoms with Crippen molar-refractivity contribution in [2.45, 2.75) is 51.6 Å². The number of aryl methyl sites for hydroxylation is 2. The van der Waals surface area contributed by atoms with Crippen LogP contribution >= 0.6 is 12.2 Å². The van der Waals surface area contributed by atoms with Gasteiger partial charge in [0.25, 0.3) is 0 Å². The highest BCUT2D eigenvalue weighted by atomic mass is 32.1. The summed E-state index contributed by atoms with van der Waals surface area (Å²) in [6, 6.07) is 0. The van der Waals surface area contributed by atoms with Crippen LogP contribution in [0.4, 0.5) is 0 Å². The van der Waals surface area contributed by atoms with Crippen LogP contribution in [0.25, 0.3) is 0 Å². The monoisotopic (exact) mass is 267 g/mol. The molecule has 1 aliphatic carbocycles. The topological polar surface area (TPSA) is 53.1 Å².